The smallest absolute Gasteiger partial charge is 0.241 e. The minimum atomic E-state index is 0.124. The van der Waals surface area contributed by atoms with Crippen molar-refractivity contribution in [1.29, 1.82) is 0 Å². The molecule has 4 nitrogen and oxygen atoms in total. The highest BCUT2D eigenvalue weighted by Crippen LogP contribution is 2.30. The molecule has 1 aromatic carbocycles. The van der Waals surface area contributed by atoms with Crippen LogP contribution in [0.4, 0.5) is 11.4 Å². The van der Waals surface area contributed by atoms with E-state index in [-0.39, 0.29) is 5.91 Å². The molecule has 0 saturated heterocycles. The summed E-state index contributed by atoms with van der Waals surface area (Å²) in [5.74, 6) is 0.124. The van der Waals surface area contributed by atoms with Crippen LogP contribution in [0.25, 0.3) is 0 Å². The SMILES string of the molecule is CN(C)C(=O)CN(C)c1cccc2c1CCCN2. The lowest BCUT2D eigenvalue weighted by Gasteiger charge is -2.27. The number of hydrogen-bond donors (Lipinski definition) is 1. The van der Waals surface area contributed by atoms with Crippen LogP contribution >= 0.6 is 0 Å². The Kier molecular flexibility index (Phi) is 3.75. The summed E-state index contributed by atoms with van der Waals surface area (Å²) in [5, 5.41) is 3.41. The van der Waals surface area contributed by atoms with Crippen LogP contribution in [0.15, 0.2) is 18.2 Å². The summed E-state index contributed by atoms with van der Waals surface area (Å²) in [6.45, 7) is 1.46. The van der Waals surface area contributed by atoms with Crippen molar-refractivity contribution >= 4 is 17.3 Å². The van der Waals surface area contributed by atoms with Gasteiger partial charge in [0.25, 0.3) is 0 Å². The van der Waals surface area contributed by atoms with Crippen LogP contribution in [0.3, 0.4) is 0 Å². The number of nitrogens with one attached hydrogen (secondary N) is 1. The first kappa shape index (κ1) is 12.7. The van der Waals surface area contributed by atoms with Crippen molar-refractivity contribution in [2.24, 2.45) is 0 Å². The molecule has 0 radical (unpaired) electrons. The number of carbonyl (C=O) groups excluding carboxylic acids is 1. The quantitative estimate of drug-likeness (QED) is 0.880. The maximum Gasteiger partial charge on any atom is 0.241 e. The van der Waals surface area contributed by atoms with E-state index in [0.29, 0.717) is 6.54 Å². The van der Waals surface area contributed by atoms with Crippen LogP contribution in [0, 0.1) is 0 Å². The van der Waals surface area contributed by atoms with Crippen LogP contribution in [0.2, 0.25) is 0 Å². The highest BCUT2D eigenvalue weighted by atomic mass is 16.2. The van der Waals surface area contributed by atoms with Gasteiger partial charge in [0.1, 0.15) is 0 Å². The monoisotopic (exact) mass is 247 g/mol. The second kappa shape index (κ2) is 5.29. The van der Waals surface area contributed by atoms with Crippen LogP contribution in [0.5, 0.6) is 0 Å². The fourth-order valence-corrected chi connectivity index (χ4v) is 2.28. The Morgan fingerprint density at radius 2 is 2.11 bits per heavy atom. The van der Waals surface area contributed by atoms with Crippen LogP contribution in [-0.2, 0) is 11.2 Å². The van der Waals surface area contributed by atoms with E-state index in [1.807, 2.05) is 18.0 Å². The summed E-state index contributed by atoms with van der Waals surface area (Å²) in [5.41, 5.74) is 3.70. The highest BCUT2D eigenvalue weighted by molar-refractivity contribution is 5.82. The van der Waals surface area contributed by atoms with Gasteiger partial charge in [0.05, 0.1) is 6.54 Å². The number of anilines is 2. The lowest BCUT2D eigenvalue weighted by atomic mass is 10.0. The molecule has 1 aliphatic rings. The van der Waals surface area contributed by atoms with Crippen molar-refractivity contribution in [3.63, 3.8) is 0 Å². The van der Waals surface area contributed by atoms with E-state index < -0.39 is 0 Å². The Hall–Kier alpha value is -1.71. The number of benzene rings is 1. The molecule has 0 atom stereocenters. The van der Waals surface area contributed by atoms with Gasteiger partial charge in [0.15, 0.2) is 0 Å². The molecule has 18 heavy (non-hydrogen) atoms. The Morgan fingerprint density at radius 1 is 1.33 bits per heavy atom. The molecule has 1 aromatic rings. The number of rotatable bonds is 3. The number of nitrogens with zero attached hydrogens (tertiary/aromatic N) is 2. The lowest BCUT2D eigenvalue weighted by Crippen LogP contribution is -2.35. The third-order valence-electron chi connectivity index (χ3n) is 3.35. The summed E-state index contributed by atoms with van der Waals surface area (Å²) in [6.07, 6.45) is 2.23. The molecule has 4 heteroatoms. The normalized spacial score (nSPS) is 13.5. The van der Waals surface area contributed by atoms with E-state index in [0.717, 1.165) is 25.1 Å². The number of likely N-dealkylation sites (N-methyl/N-ethyl adjacent to an activating group) is 2. The second-order valence-corrected chi connectivity index (χ2v) is 4.98. The third-order valence-corrected chi connectivity index (χ3v) is 3.35. The van der Waals surface area contributed by atoms with Crippen molar-refractivity contribution in [1.82, 2.24) is 4.90 Å². The molecule has 0 aliphatic carbocycles. The van der Waals surface area contributed by atoms with Gasteiger partial charge >= 0.3 is 0 Å². The van der Waals surface area contributed by atoms with Crippen molar-refractivity contribution in [2.45, 2.75) is 12.8 Å². The van der Waals surface area contributed by atoms with Gasteiger partial charge in [0, 0.05) is 39.1 Å². The summed E-state index contributed by atoms with van der Waals surface area (Å²) >= 11 is 0. The van der Waals surface area contributed by atoms with Crippen molar-refractivity contribution < 1.29 is 4.79 Å². The summed E-state index contributed by atoms with van der Waals surface area (Å²) in [6, 6.07) is 6.25. The Labute approximate surface area is 109 Å². The maximum atomic E-state index is 11.8. The van der Waals surface area contributed by atoms with Gasteiger partial charge in [-0.15, -0.1) is 0 Å². The van der Waals surface area contributed by atoms with Gasteiger partial charge < -0.3 is 15.1 Å². The van der Waals surface area contributed by atoms with E-state index >= 15 is 0 Å². The first-order valence-electron chi connectivity index (χ1n) is 6.36. The molecular weight excluding hydrogens is 226 g/mol. The Bertz CT molecular complexity index is 443. The lowest BCUT2D eigenvalue weighted by molar-refractivity contribution is -0.127. The minimum Gasteiger partial charge on any atom is -0.385 e. The van der Waals surface area contributed by atoms with Gasteiger partial charge in [-0.3, -0.25) is 4.79 Å². The first-order chi connectivity index (χ1) is 8.59. The number of amides is 1. The first-order valence-corrected chi connectivity index (χ1v) is 6.36. The molecule has 1 N–H and O–H groups in total. The molecule has 1 heterocycles. The number of hydrogen-bond acceptors (Lipinski definition) is 3. The third kappa shape index (κ3) is 2.58. The fourth-order valence-electron chi connectivity index (χ4n) is 2.28. The van der Waals surface area contributed by atoms with E-state index in [1.165, 1.54) is 11.3 Å². The maximum absolute atomic E-state index is 11.8. The molecular formula is C14H21N3O. The van der Waals surface area contributed by atoms with Crippen LogP contribution in [0.1, 0.15) is 12.0 Å². The number of carbonyl (C=O) groups is 1. The van der Waals surface area contributed by atoms with Gasteiger partial charge in [-0.05, 0) is 30.5 Å². The van der Waals surface area contributed by atoms with Crippen LogP contribution in [-0.4, -0.2) is 45.0 Å². The van der Waals surface area contributed by atoms with Gasteiger partial charge in [-0.25, -0.2) is 0 Å². The molecule has 0 saturated carbocycles. The van der Waals surface area contributed by atoms with E-state index in [4.69, 9.17) is 0 Å². The highest BCUT2D eigenvalue weighted by Gasteiger charge is 2.16. The van der Waals surface area contributed by atoms with E-state index in [1.54, 1.807) is 19.0 Å². The molecule has 0 fully saturated rings. The molecule has 0 aromatic heterocycles. The average molecular weight is 247 g/mol. The summed E-state index contributed by atoms with van der Waals surface area (Å²) < 4.78 is 0. The zero-order valence-electron chi connectivity index (χ0n) is 11.4. The largest absolute Gasteiger partial charge is 0.385 e. The molecule has 98 valence electrons. The van der Waals surface area contributed by atoms with Gasteiger partial charge in [-0.2, -0.15) is 0 Å². The summed E-state index contributed by atoms with van der Waals surface area (Å²) in [4.78, 5) is 15.4. The topological polar surface area (TPSA) is 35.6 Å². The molecule has 1 aliphatic heterocycles. The molecule has 0 bridgehead atoms. The van der Waals surface area contributed by atoms with Gasteiger partial charge in [-0.1, -0.05) is 6.07 Å². The second-order valence-electron chi connectivity index (χ2n) is 4.98. The zero-order chi connectivity index (χ0) is 13.1. The summed E-state index contributed by atoms with van der Waals surface area (Å²) in [7, 11) is 5.56. The standard InChI is InChI=1S/C14H21N3O/c1-16(2)14(18)10-17(3)13-8-4-7-12-11(13)6-5-9-15-12/h4,7-8,15H,5-6,9-10H2,1-3H3. The van der Waals surface area contributed by atoms with Crippen LogP contribution < -0.4 is 10.2 Å². The fraction of sp³-hybridized carbons (Fsp3) is 0.500. The van der Waals surface area contributed by atoms with Gasteiger partial charge in [0.2, 0.25) is 5.91 Å². The predicted octanol–water partition coefficient (Wildman–Crippen LogP) is 1.57. The number of fused-ring (bicyclic) bond motifs is 1. The van der Waals surface area contributed by atoms with Crippen molar-refractivity contribution in [2.75, 3.05) is 44.4 Å². The predicted molar refractivity (Wildman–Crippen MR) is 75.2 cm³/mol. The molecule has 1 amide bonds. The zero-order valence-corrected chi connectivity index (χ0v) is 11.4. The van der Waals surface area contributed by atoms with E-state index in [9.17, 15) is 4.79 Å². The van der Waals surface area contributed by atoms with E-state index in [2.05, 4.69) is 17.4 Å². The Morgan fingerprint density at radius 3 is 2.83 bits per heavy atom. The molecule has 0 unspecified atom stereocenters. The Balaban J connectivity index is 2.20. The van der Waals surface area contributed by atoms with Crippen molar-refractivity contribution in [3.05, 3.63) is 23.8 Å². The van der Waals surface area contributed by atoms with Crippen molar-refractivity contribution in [3.8, 4) is 0 Å². The molecule has 0 spiro atoms. The molecule has 2 rings (SSSR count). The minimum absolute atomic E-state index is 0.124. The average Bonchev–Trinajstić information content (AvgIpc) is 2.37.